The maximum absolute atomic E-state index is 4.93. The van der Waals surface area contributed by atoms with Gasteiger partial charge in [0.1, 0.15) is 0 Å². The molecule has 6 aromatic rings. The van der Waals surface area contributed by atoms with Gasteiger partial charge >= 0.3 is 37.9 Å². The fraction of sp³-hybridized carbons (Fsp3) is 0.0833. The maximum Gasteiger partial charge on any atom is 0.0920 e. The SMILES string of the molecule is CC(C)c1ccc2[cH-]c(-c3ccccc3)cc2c1-c1ccccc1.[Cl][Zr+2][Cl].[c-]1cccc2c1[Si]c1ccccc1-2. The monoisotopic (exact) mass is 648 g/mol. The third-order valence-corrected chi connectivity index (χ3v) is 8.42. The number of halogens is 2. The Morgan fingerprint density at radius 2 is 1.35 bits per heavy atom. The second kappa shape index (κ2) is 13.8. The van der Waals surface area contributed by atoms with Crippen molar-refractivity contribution in [1.29, 1.82) is 0 Å². The van der Waals surface area contributed by atoms with E-state index in [9.17, 15) is 0 Å². The number of rotatable bonds is 3. The molecule has 0 aromatic heterocycles. The van der Waals surface area contributed by atoms with Crippen LogP contribution in [0.5, 0.6) is 0 Å². The van der Waals surface area contributed by atoms with Crippen molar-refractivity contribution in [3.05, 3.63) is 139 Å². The van der Waals surface area contributed by atoms with Crippen LogP contribution in [0, 0.1) is 6.07 Å². The summed E-state index contributed by atoms with van der Waals surface area (Å²) in [7, 11) is 10.7. The van der Waals surface area contributed by atoms with Crippen molar-refractivity contribution in [2.45, 2.75) is 19.8 Å². The molecule has 2 radical (unpaired) electrons. The third kappa shape index (κ3) is 6.48. The van der Waals surface area contributed by atoms with Gasteiger partial charge in [-0.25, -0.2) is 0 Å². The standard InChI is InChI=1S/C24H21.C12H7Si.2ClH.Zr/c1-17(2)22-14-13-20-15-21(18-9-5-3-6-10-18)16-23(20)24(22)19-11-7-4-8-12-19;1-3-7-11-9(5-1)10-6-2-4-8-12(10)13-11;;;/h3-17H,1-2H3;1-7H;2*1H;/q2*-1;;;+4/p-2. The Morgan fingerprint density at radius 3 is 2.05 bits per heavy atom. The van der Waals surface area contributed by atoms with E-state index in [1.807, 2.05) is 6.07 Å². The molecule has 0 N–H and O–H groups in total. The average Bonchev–Trinajstić information content (AvgIpc) is 3.60. The van der Waals surface area contributed by atoms with E-state index < -0.39 is 20.8 Å². The Kier molecular flexibility index (Phi) is 10.00. The van der Waals surface area contributed by atoms with E-state index in [0.29, 0.717) is 5.92 Å². The molecule has 0 unspecified atom stereocenters. The molecule has 0 saturated heterocycles. The number of benzene rings is 5. The summed E-state index contributed by atoms with van der Waals surface area (Å²) in [6.07, 6.45) is 0. The van der Waals surface area contributed by atoms with Gasteiger partial charge in [0, 0.05) is 0 Å². The van der Waals surface area contributed by atoms with Gasteiger partial charge < -0.3 is 0 Å². The van der Waals surface area contributed by atoms with Crippen LogP contribution >= 0.6 is 17.0 Å². The zero-order valence-corrected chi connectivity index (χ0v) is 27.4. The van der Waals surface area contributed by atoms with Gasteiger partial charge in [-0.05, 0) is 17.0 Å². The zero-order valence-electron chi connectivity index (χ0n) is 22.5. The Bertz CT molecular complexity index is 1650. The van der Waals surface area contributed by atoms with Crippen molar-refractivity contribution in [3.8, 4) is 33.4 Å². The van der Waals surface area contributed by atoms with E-state index in [1.165, 1.54) is 60.1 Å². The van der Waals surface area contributed by atoms with Crippen LogP contribution in [0.1, 0.15) is 25.3 Å². The van der Waals surface area contributed by atoms with E-state index >= 15 is 0 Å². The van der Waals surface area contributed by atoms with E-state index in [0.717, 1.165) is 9.52 Å². The number of hydrogen-bond donors (Lipinski definition) is 0. The van der Waals surface area contributed by atoms with E-state index in [-0.39, 0.29) is 0 Å². The van der Waals surface area contributed by atoms with Crippen LogP contribution in [0.25, 0.3) is 44.2 Å². The molecule has 7 rings (SSSR count). The topological polar surface area (TPSA) is 0 Å². The van der Waals surface area contributed by atoms with Crippen molar-refractivity contribution in [3.63, 3.8) is 0 Å². The summed E-state index contributed by atoms with van der Waals surface area (Å²) in [4.78, 5) is 0. The molecule has 0 aliphatic carbocycles. The Labute approximate surface area is 258 Å². The summed E-state index contributed by atoms with van der Waals surface area (Å²) >= 11 is -0.826. The van der Waals surface area contributed by atoms with Crippen LogP contribution in [0.15, 0.2) is 127 Å². The fourth-order valence-electron chi connectivity index (χ4n) is 5.23. The first kappa shape index (κ1) is 28.9. The number of fused-ring (bicyclic) bond motifs is 4. The molecule has 1 aliphatic rings. The first-order valence-corrected chi connectivity index (χ1v) is 20.6. The Morgan fingerprint density at radius 1 is 0.725 bits per heavy atom. The quantitative estimate of drug-likeness (QED) is 0.132. The Hall–Kier alpha value is -2.61. The van der Waals surface area contributed by atoms with Crippen molar-refractivity contribution in [2.75, 3.05) is 0 Å². The molecule has 0 saturated carbocycles. The second-order valence-corrected chi connectivity index (χ2v) is 14.9. The van der Waals surface area contributed by atoms with Gasteiger partial charge in [0.15, 0.2) is 0 Å². The van der Waals surface area contributed by atoms with Crippen molar-refractivity contribution < 1.29 is 20.8 Å². The van der Waals surface area contributed by atoms with E-state index in [4.69, 9.17) is 17.0 Å². The second-order valence-electron chi connectivity index (χ2n) is 9.86. The molecule has 0 fully saturated rings. The van der Waals surface area contributed by atoms with Crippen LogP contribution in [0.4, 0.5) is 0 Å². The normalized spacial score (nSPS) is 11.0. The summed E-state index contributed by atoms with van der Waals surface area (Å²) in [6, 6.07) is 48.8. The molecule has 4 heteroatoms. The number of hydrogen-bond acceptors (Lipinski definition) is 0. The molecule has 6 aromatic carbocycles. The maximum atomic E-state index is 4.93. The first-order valence-electron chi connectivity index (χ1n) is 13.3. The molecule has 0 bridgehead atoms. The van der Waals surface area contributed by atoms with E-state index in [1.54, 1.807) is 0 Å². The van der Waals surface area contributed by atoms with Crippen LogP contribution in [-0.2, 0) is 20.8 Å². The zero-order chi connectivity index (χ0) is 27.9. The molecule has 1 aliphatic heterocycles. The van der Waals surface area contributed by atoms with E-state index in [2.05, 4.69) is 141 Å². The molecule has 40 heavy (non-hydrogen) atoms. The Balaban J connectivity index is 0.000000168. The van der Waals surface area contributed by atoms with Crippen LogP contribution in [-0.4, -0.2) is 9.52 Å². The summed E-state index contributed by atoms with van der Waals surface area (Å²) in [5.74, 6) is 0.500. The van der Waals surface area contributed by atoms with Gasteiger partial charge in [-0.1, -0.05) is 127 Å². The molecular formula is C36H28Cl2SiZr. The van der Waals surface area contributed by atoms with Crippen molar-refractivity contribution >= 4 is 47.7 Å². The van der Waals surface area contributed by atoms with Gasteiger partial charge in [0.2, 0.25) is 0 Å². The van der Waals surface area contributed by atoms with Gasteiger partial charge in [-0.15, -0.1) is 40.1 Å². The summed E-state index contributed by atoms with van der Waals surface area (Å²) in [6.45, 7) is 4.54. The van der Waals surface area contributed by atoms with Gasteiger partial charge in [0.05, 0.1) is 9.52 Å². The molecule has 0 nitrogen and oxygen atoms in total. The predicted molar refractivity (Wildman–Crippen MR) is 172 cm³/mol. The van der Waals surface area contributed by atoms with Crippen LogP contribution in [0.3, 0.4) is 0 Å². The summed E-state index contributed by atoms with van der Waals surface area (Å²) in [5, 5.41) is 5.49. The largest absolute Gasteiger partial charge is 0.184 e. The third-order valence-electron chi connectivity index (χ3n) is 7.05. The van der Waals surface area contributed by atoms with Gasteiger partial charge in [0.25, 0.3) is 0 Å². The molecule has 0 atom stereocenters. The van der Waals surface area contributed by atoms with Crippen molar-refractivity contribution in [1.82, 2.24) is 0 Å². The smallest absolute Gasteiger partial charge is 0.0920 e. The summed E-state index contributed by atoms with van der Waals surface area (Å²) in [5.41, 5.74) is 9.44. The van der Waals surface area contributed by atoms with Crippen molar-refractivity contribution in [2.24, 2.45) is 0 Å². The average molecular weight is 651 g/mol. The predicted octanol–water partition coefficient (Wildman–Crippen LogP) is 9.51. The minimum atomic E-state index is -0.826. The van der Waals surface area contributed by atoms with Gasteiger partial charge in [-0.2, -0.15) is 29.5 Å². The minimum Gasteiger partial charge on any atom is -0.184 e. The molecular weight excluding hydrogens is 623 g/mol. The first-order chi connectivity index (χ1) is 19.6. The molecule has 0 amide bonds. The molecule has 194 valence electrons. The van der Waals surface area contributed by atoms with Gasteiger partial charge in [-0.3, -0.25) is 0 Å². The molecule has 0 spiro atoms. The summed E-state index contributed by atoms with van der Waals surface area (Å²) < 4.78 is 0. The van der Waals surface area contributed by atoms with Crippen LogP contribution < -0.4 is 10.4 Å². The minimum absolute atomic E-state index is 0.500. The van der Waals surface area contributed by atoms with Crippen LogP contribution in [0.2, 0.25) is 0 Å². The fourth-order valence-corrected chi connectivity index (χ4v) is 6.54. The molecule has 1 heterocycles.